The maximum Gasteiger partial charge on any atom is 0.182 e. The van der Waals surface area contributed by atoms with Crippen LogP contribution in [0.1, 0.15) is 42.6 Å². The molecule has 1 unspecified atom stereocenters. The van der Waals surface area contributed by atoms with E-state index < -0.39 is 6.04 Å². The van der Waals surface area contributed by atoms with E-state index in [1.807, 2.05) is 13.8 Å². The van der Waals surface area contributed by atoms with Gasteiger partial charge in [0.1, 0.15) is 5.75 Å². The third-order valence-electron chi connectivity index (χ3n) is 2.41. The summed E-state index contributed by atoms with van der Waals surface area (Å²) in [7, 11) is 0. The van der Waals surface area contributed by atoms with Crippen molar-refractivity contribution in [2.24, 2.45) is 5.73 Å². The maximum atomic E-state index is 11.7. The number of carbonyl (C=O) groups excluding carboxylic acids is 1. The van der Waals surface area contributed by atoms with Crippen LogP contribution in [-0.4, -0.2) is 16.9 Å². The van der Waals surface area contributed by atoms with Gasteiger partial charge in [-0.15, -0.1) is 0 Å². The highest BCUT2D eigenvalue weighted by Crippen LogP contribution is 2.32. The van der Waals surface area contributed by atoms with Crippen molar-refractivity contribution in [2.75, 3.05) is 0 Å². The number of hydrogen-bond acceptors (Lipinski definition) is 3. The molecule has 3 nitrogen and oxygen atoms in total. The first kappa shape index (κ1) is 13.0. The summed E-state index contributed by atoms with van der Waals surface area (Å²) in [6.45, 7) is 5.43. The van der Waals surface area contributed by atoms with Crippen molar-refractivity contribution in [2.45, 2.75) is 32.7 Å². The molecule has 1 aromatic rings. The summed E-state index contributed by atoms with van der Waals surface area (Å²) in [5.74, 6) is -0.220. The molecule has 0 amide bonds. The number of hydrogen-bond donors (Lipinski definition) is 2. The molecule has 1 rings (SSSR count). The second kappa shape index (κ2) is 4.85. The van der Waals surface area contributed by atoms with Gasteiger partial charge in [-0.2, -0.15) is 0 Å². The number of phenols is 1. The van der Waals surface area contributed by atoms with Crippen LogP contribution in [0.5, 0.6) is 5.75 Å². The van der Waals surface area contributed by atoms with E-state index in [-0.39, 0.29) is 23.0 Å². The molecule has 0 aliphatic heterocycles. The number of ketones is 1. The average molecular weight is 242 g/mol. The van der Waals surface area contributed by atoms with E-state index in [9.17, 15) is 9.90 Å². The molecule has 0 aromatic heterocycles. The number of benzene rings is 1. The molecule has 0 aliphatic carbocycles. The van der Waals surface area contributed by atoms with Gasteiger partial charge in [-0.3, -0.25) is 4.79 Å². The molecule has 0 spiro atoms. The molecule has 0 saturated heterocycles. The van der Waals surface area contributed by atoms with Crippen LogP contribution in [0.25, 0.3) is 0 Å². The fraction of sp³-hybridized carbons (Fsp3) is 0.417. The topological polar surface area (TPSA) is 63.3 Å². The molecule has 16 heavy (non-hydrogen) atoms. The number of carbonyl (C=O) groups is 1. The van der Waals surface area contributed by atoms with Gasteiger partial charge in [-0.1, -0.05) is 25.4 Å². The lowest BCUT2D eigenvalue weighted by Gasteiger charge is -2.13. The van der Waals surface area contributed by atoms with Gasteiger partial charge >= 0.3 is 0 Å². The largest absolute Gasteiger partial charge is 0.507 e. The fourth-order valence-electron chi connectivity index (χ4n) is 1.49. The summed E-state index contributed by atoms with van der Waals surface area (Å²) in [6, 6.07) is 2.47. The number of Topliss-reactive ketones (excluding diaryl/α,β-unsaturated/α-hetero) is 1. The molecule has 0 fully saturated rings. The van der Waals surface area contributed by atoms with E-state index >= 15 is 0 Å². The molecule has 3 N–H and O–H groups in total. The minimum atomic E-state index is -0.649. The zero-order chi connectivity index (χ0) is 12.5. The van der Waals surface area contributed by atoms with Crippen molar-refractivity contribution in [1.82, 2.24) is 0 Å². The third kappa shape index (κ3) is 2.54. The van der Waals surface area contributed by atoms with Gasteiger partial charge < -0.3 is 10.8 Å². The lowest BCUT2D eigenvalue weighted by molar-refractivity contribution is 0.0965. The molecule has 0 heterocycles. The molecule has 0 aliphatic rings. The van der Waals surface area contributed by atoms with Crippen LogP contribution >= 0.6 is 11.6 Å². The van der Waals surface area contributed by atoms with Gasteiger partial charge in [0.25, 0.3) is 0 Å². The number of nitrogens with two attached hydrogens (primary N) is 1. The van der Waals surface area contributed by atoms with E-state index in [1.165, 1.54) is 6.07 Å². The molecule has 0 saturated carbocycles. The first-order valence-electron chi connectivity index (χ1n) is 5.16. The van der Waals surface area contributed by atoms with Crippen molar-refractivity contribution < 1.29 is 9.90 Å². The standard InChI is InChI=1S/C12H16ClNO2/c1-6(2)9-4-8(13)5-10(12(9)16)11(15)7(3)14/h4-7,16H,14H2,1-3H3. The predicted molar refractivity (Wildman–Crippen MR) is 65.2 cm³/mol. The van der Waals surface area contributed by atoms with Crippen LogP contribution in [0, 0.1) is 0 Å². The Kier molecular flexibility index (Phi) is 3.94. The molecule has 88 valence electrons. The van der Waals surface area contributed by atoms with Crippen molar-refractivity contribution in [3.63, 3.8) is 0 Å². The Bertz CT molecular complexity index is 414. The van der Waals surface area contributed by atoms with Crippen LogP contribution in [0.2, 0.25) is 5.02 Å². The second-order valence-electron chi connectivity index (χ2n) is 4.20. The summed E-state index contributed by atoms with van der Waals surface area (Å²) in [5.41, 5.74) is 6.37. The van der Waals surface area contributed by atoms with E-state index in [0.29, 0.717) is 10.6 Å². The monoisotopic (exact) mass is 241 g/mol. The van der Waals surface area contributed by atoms with E-state index in [2.05, 4.69) is 0 Å². The minimum Gasteiger partial charge on any atom is -0.507 e. The Morgan fingerprint density at radius 3 is 2.38 bits per heavy atom. The number of halogens is 1. The smallest absolute Gasteiger partial charge is 0.182 e. The lowest BCUT2D eigenvalue weighted by Crippen LogP contribution is -2.26. The van der Waals surface area contributed by atoms with E-state index in [1.54, 1.807) is 13.0 Å². The number of phenolic OH excluding ortho intramolecular Hbond substituents is 1. The Morgan fingerprint density at radius 1 is 1.38 bits per heavy atom. The van der Waals surface area contributed by atoms with E-state index in [4.69, 9.17) is 17.3 Å². The van der Waals surface area contributed by atoms with Crippen molar-refractivity contribution in [3.05, 3.63) is 28.3 Å². The zero-order valence-corrected chi connectivity index (χ0v) is 10.4. The Balaban J connectivity index is 3.35. The quantitative estimate of drug-likeness (QED) is 0.800. The molecular weight excluding hydrogens is 226 g/mol. The van der Waals surface area contributed by atoms with Gasteiger partial charge in [0, 0.05) is 5.02 Å². The van der Waals surface area contributed by atoms with E-state index in [0.717, 1.165) is 0 Å². The normalized spacial score (nSPS) is 12.9. The van der Waals surface area contributed by atoms with Gasteiger partial charge in [-0.05, 0) is 30.5 Å². The molecule has 0 radical (unpaired) electrons. The van der Waals surface area contributed by atoms with Gasteiger partial charge in [0.2, 0.25) is 0 Å². The van der Waals surface area contributed by atoms with Crippen LogP contribution in [0.15, 0.2) is 12.1 Å². The first-order valence-corrected chi connectivity index (χ1v) is 5.54. The Morgan fingerprint density at radius 2 is 1.94 bits per heavy atom. The number of rotatable bonds is 3. The average Bonchev–Trinajstić information content (AvgIpc) is 2.19. The highest BCUT2D eigenvalue weighted by atomic mass is 35.5. The van der Waals surface area contributed by atoms with Crippen LogP contribution in [-0.2, 0) is 0 Å². The summed E-state index contributed by atoms with van der Waals surface area (Å²) >= 11 is 5.91. The number of aromatic hydroxyl groups is 1. The van der Waals surface area contributed by atoms with Crippen LogP contribution in [0.4, 0.5) is 0 Å². The third-order valence-corrected chi connectivity index (χ3v) is 2.62. The molecule has 1 aromatic carbocycles. The predicted octanol–water partition coefficient (Wildman–Crippen LogP) is 2.70. The van der Waals surface area contributed by atoms with Gasteiger partial charge in [0.15, 0.2) is 5.78 Å². The molecule has 1 atom stereocenters. The van der Waals surface area contributed by atoms with Crippen LogP contribution in [0.3, 0.4) is 0 Å². The first-order chi connectivity index (χ1) is 7.34. The Hall–Kier alpha value is -1.06. The molecule has 4 heteroatoms. The van der Waals surface area contributed by atoms with Gasteiger partial charge in [0.05, 0.1) is 11.6 Å². The SMILES string of the molecule is CC(N)C(=O)c1cc(Cl)cc(C(C)C)c1O. The van der Waals surface area contributed by atoms with Crippen molar-refractivity contribution >= 4 is 17.4 Å². The fourth-order valence-corrected chi connectivity index (χ4v) is 1.72. The highest BCUT2D eigenvalue weighted by Gasteiger charge is 2.19. The van der Waals surface area contributed by atoms with Crippen LogP contribution < -0.4 is 5.73 Å². The van der Waals surface area contributed by atoms with Crippen molar-refractivity contribution in [1.29, 1.82) is 0 Å². The lowest BCUT2D eigenvalue weighted by atomic mass is 9.96. The zero-order valence-electron chi connectivity index (χ0n) is 9.62. The summed E-state index contributed by atoms with van der Waals surface area (Å²) in [5, 5.41) is 10.4. The second-order valence-corrected chi connectivity index (χ2v) is 4.64. The highest BCUT2D eigenvalue weighted by molar-refractivity contribution is 6.31. The minimum absolute atomic E-state index is 0.0123. The maximum absolute atomic E-state index is 11.7. The summed E-state index contributed by atoms with van der Waals surface area (Å²) in [6.07, 6.45) is 0. The summed E-state index contributed by atoms with van der Waals surface area (Å²) in [4.78, 5) is 11.7. The molecular formula is C12H16ClNO2. The molecule has 0 bridgehead atoms. The summed E-state index contributed by atoms with van der Waals surface area (Å²) < 4.78 is 0. The van der Waals surface area contributed by atoms with Crippen molar-refractivity contribution in [3.8, 4) is 5.75 Å². The van der Waals surface area contributed by atoms with Gasteiger partial charge in [-0.25, -0.2) is 0 Å². The Labute approximate surface area is 100 Å².